The zero-order valence-corrected chi connectivity index (χ0v) is 8.79. The van der Waals surface area contributed by atoms with Crippen molar-refractivity contribution in [1.29, 1.82) is 0 Å². The molecule has 0 radical (unpaired) electrons. The topological polar surface area (TPSA) is 35.2 Å². The van der Waals surface area contributed by atoms with Crippen LogP contribution in [0.5, 0.6) is 5.75 Å². The zero-order valence-electron chi connectivity index (χ0n) is 8.79. The van der Waals surface area contributed by atoms with E-state index in [1.165, 1.54) is 11.1 Å². The first-order valence-corrected chi connectivity index (χ1v) is 5.12. The molecule has 76 valence electrons. The van der Waals surface area contributed by atoms with Crippen molar-refractivity contribution in [2.24, 2.45) is 11.7 Å². The number of nitrogens with two attached hydrogens (primary N) is 1. The molecule has 2 heteroatoms. The van der Waals surface area contributed by atoms with Crippen molar-refractivity contribution in [3.8, 4) is 5.75 Å². The van der Waals surface area contributed by atoms with E-state index in [4.69, 9.17) is 10.5 Å². The molecule has 0 heterocycles. The average molecular weight is 191 g/mol. The SMILES string of the molecule is COc1ccc2c(c1)C[C@H](N)[C@@H](C)C2. The molecule has 0 bridgehead atoms. The Morgan fingerprint density at radius 1 is 1.29 bits per heavy atom. The van der Waals surface area contributed by atoms with Crippen LogP contribution in [0.15, 0.2) is 18.2 Å². The van der Waals surface area contributed by atoms with Crippen LogP contribution in [0, 0.1) is 5.92 Å². The minimum Gasteiger partial charge on any atom is -0.497 e. The minimum atomic E-state index is 0.301. The molecule has 0 amide bonds. The van der Waals surface area contributed by atoms with Gasteiger partial charge >= 0.3 is 0 Å². The Balaban J connectivity index is 2.33. The van der Waals surface area contributed by atoms with Crippen LogP contribution >= 0.6 is 0 Å². The second kappa shape index (κ2) is 3.62. The Bertz CT molecular complexity index is 335. The summed E-state index contributed by atoms with van der Waals surface area (Å²) in [6.07, 6.45) is 2.08. The van der Waals surface area contributed by atoms with Crippen LogP contribution in [-0.2, 0) is 12.8 Å². The maximum atomic E-state index is 6.04. The minimum absolute atomic E-state index is 0.301. The standard InChI is InChI=1S/C12H17NO/c1-8-5-9-3-4-11(14-2)6-10(9)7-12(8)13/h3-4,6,8,12H,5,7,13H2,1-2H3/t8-,12-/m0/s1. The van der Waals surface area contributed by atoms with Crippen LogP contribution in [0.3, 0.4) is 0 Å². The lowest BCUT2D eigenvalue weighted by Crippen LogP contribution is -2.35. The van der Waals surface area contributed by atoms with Gasteiger partial charge in [-0.05, 0) is 42.0 Å². The molecular weight excluding hydrogens is 174 g/mol. The monoisotopic (exact) mass is 191 g/mol. The van der Waals surface area contributed by atoms with Crippen molar-refractivity contribution in [1.82, 2.24) is 0 Å². The molecule has 2 N–H and O–H groups in total. The third-order valence-electron chi connectivity index (χ3n) is 3.14. The van der Waals surface area contributed by atoms with Crippen molar-refractivity contribution in [2.75, 3.05) is 7.11 Å². The third kappa shape index (κ3) is 1.62. The fourth-order valence-corrected chi connectivity index (χ4v) is 2.07. The Hall–Kier alpha value is -1.02. The largest absolute Gasteiger partial charge is 0.497 e. The molecule has 0 saturated heterocycles. The van der Waals surface area contributed by atoms with Crippen LogP contribution in [0.1, 0.15) is 18.1 Å². The number of benzene rings is 1. The molecule has 0 fully saturated rings. The van der Waals surface area contributed by atoms with Crippen LogP contribution < -0.4 is 10.5 Å². The maximum Gasteiger partial charge on any atom is 0.119 e. The van der Waals surface area contributed by atoms with Gasteiger partial charge in [0.15, 0.2) is 0 Å². The summed E-state index contributed by atoms with van der Waals surface area (Å²) in [5.41, 5.74) is 8.83. The van der Waals surface area contributed by atoms with Gasteiger partial charge < -0.3 is 10.5 Å². The summed E-state index contributed by atoms with van der Waals surface area (Å²) in [5, 5.41) is 0. The van der Waals surface area contributed by atoms with Gasteiger partial charge in [-0.15, -0.1) is 0 Å². The molecule has 2 nitrogen and oxygen atoms in total. The van der Waals surface area contributed by atoms with Gasteiger partial charge in [0.05, 0.1) is 7.11 Å². The molecule has 0 aliphatic heterocycles. The maximum absolute atomic E-state index is 6.04. The van der Waals surface area contributed by atoms with Gasteiger partial charge in [0.2, 0.25) is 0 Å². The number of hydrogen-bond acceptors (Lipinski definition) is 2. The second-order valence-corrected chi connectivity index (χ2v) is 4.18. The molecule has 2 atom stereocenters. The molecule has 1 aliphatic carbocycles. The van der Waals surface area contributed by atoms with Gasteiger partial charge in [-0.2, -0.15) is 0 Å². The van der Waals surface area contributed by atoms with Crippen LogP contribution in [-0.4, -0.2) is 13.2 Å². The lowest BCUT2D eigenvalue weighted by Gasteiger charge is -2.28. The summed E-state index contributed by atoms with van der Waals surface area (Å²) in [7, 11) is 1.70. The fourth-order valence-electron chi connectivity index (χ4n) is 2.07. The normalized spacial score (nSPS) is 25.6. The molecule has 1 aliphatic rings. The highest BCUT2D eigenvalue weighted by molar-refractivity contribution is 5.38. The van der Waals surface area contributed by atoms with Gasteiger partial charge in [0.25, 0.3) is 0 Å². The van der Waals surface area contributed by atoms with E-state index in [2.05, 4.69) is 19.1 Å². The predicted octanol–water partition coefficient (Wildman–Crippen LogP) is 1.76. The first-order chi connectivity index (χ1) is 6.70. The number of hydrogen-bond donors (Lipinski definition) is 1. The van der Waals surface area contributed by atoms with Crippen molar-refractivity contribution >= 4 is 0 Å². The Kier molecular flexibility index (Phi) is 2.46. The Morgan fingerprint density at radius 3 is 2.79 bits per heavy atom. The van der Waals surface area contributed by atoms with E-state index in [0.717, 1.165) is 18.6 Å². The lowest BCUT2D eigenvalue weighted by molar-refractivity contribution is 0.405. The highest BCUT2D eigenvalue weighted by Gasteiger charge is 2.22. The quantitative estimate of drug-likeness (QED) is 0.734. The van der Waals surface area contributed by atoms with E-state index in [0.29, 0.717) is 12.0 Å². The van der Waals surface area contributed by atoms with Crippen LogP contribution in [0.25, 0.3) is 0 Å². The fraction of sp³-hybridized carbons (Fsp3) is 0.500. The Labute approximate surface area is 85.1 Å². The molecule has 0 aromatic heterocycles. The van der Waals surface area contributed by atoms with E-state index in [-0.39, 0.29) is 0 Å². The first-order valence-electron chi connectivity index (χ1n) is 5.12. The Morgan fingerprint density at radius 2 is 2.07 bits per heavy atom. The number of rotatable bonds is 1. The molecule has 0 saturated carbocycles. The van der Waals surface area contributed by atoms with Gasteiger partial charge in [-0.1, -0.05) is 13.0 Å². The summed E-state index contributed by atoms with van der Waals surface area (Å²) in [6, 6.07) is 6.61. The first kappa shape index (κ1) is 9.53. The van der Waals surface area contributed by atoms with Gasteiger partial charge in [-0.25, -0.2) is 0 Å². The van der Waals surface area contributed by atoms with E-state index in [9.17, 15) is 0 Å². The smallest absolute Gasteiger partial charge is 0.119 e. The summed E-state index contributed by atoms with van der Waals surface area (Å²) in [6.45, 7) is 2.22. The van der Waals surface area contributed by atoms with E-state index in [1.54, 1.807) is 7.11 Å². The molecule has 2 rings (SSSR count). The summed E-state index contributed by atoms with van der Waals surface area (Å²) in [4.78, 5) is 0. The van der Waals surface area contributed by atoms with Gasteiger partial charge in [0.1, 0.15) is 5.75 Å². The van der Waals surface area contributed by atoms with Crippen molar-refractivity contribution in [3.63, 3.8) is 0 Å². The molecule has 14 heavy (non-hydrogen) atoms. The average Bonchev–Trinajstić information content (AvgIpc) is 2.19. The highest BCUT2D eigenvalue weighted by Crippen LogP contribution is 2.27. The predicted molar refractivity (Wildman–Crippen MR) is 57.5 cm³/mol. The van der Waals surface area contributed by atoms with Crippen molar-refractivity contribution in [3.05, 3.63) is 29.3 Å². The molecule has 1 aromatic carbocycles. The third-order valence-corrected chi connectivity index (χ3v) is 3.14. The molecular formula is C12H17NO. The van der Waals surface area contributed by atoms with Crippen molar-refractivity contribution in [2.45, 2.75) is 25.8 Å². The number of methoxy groups -OCH3 is 1. The highest BCUT2D eigenvalue weighted by atomic mass is 16.5. The van der Waals surface area contributed by atoms with Crippen LogP contribution in [0.4, 0.5) is 0 Å². The summed E-state index contributed by atoms with van der Waals surface area (Å²) >= 11 is 0. The van der Waals surface area contributed by atoms with E-state index >= 15 is 0 Å². The molecule has 0 unspecified atom stereocenters. The number of ether oxygens (including phenoxy) is 1. The van der Waals surface area contributed by atoms with Gasteiger partial charge in [0, 0.05) is 6.04 Å². The van der Waals surface area contributed by atoms with E-state index in [1.807, 2.05) is 6.07 Å². The van der Waals surface area contributed by atoms with Crippen molar-refractivity contribution < 1.29 is 4.74 Å². The van der Waals surface area contributed by atoms with Gasteiger partial charge in [-0.3, -0.25) is 0 Å². The molecule has 0 spiro atoms. The van der Waals surface area contributed by atoms with E-state index < -0.39 is 0 Å². The molecule has 1 aromatic rings. The summed E-state index contributed by atoms with van der Waals surface area (Å²) < 4.78 is 5.20. The lowest BCUT2D eigenvalue weighted by atomic mass is 9.81. The summed E-state index contributed by atoms with van der Waals surface area (Å²) in [5.74, 6) is 1.53. The zero-order chi connectivity index (χ0) is 10.1. The van der Waals surface area contributed by atoms with Crippen LogP contribution in [0.2, 0.25) is 0 Å². The number of fused-ring (bicyclic) bond motifs is 1. The second-order valence-electron chi connectivity index (χ2n) is 4.18.